The topological polar surface area (TPSA) is 37.4 Å². The molecule has 0 N–H and O–H groups in total. The van der Waals surface area contributed by atoms with Crippen LogP contribution in [0.3, 0.4) is 0 Å². The molecule has 19 heavy (non-hydrogen) atoms. The van der Waals surface area contributed by atoms with E-state index in [-0.39, 0.29) is 17.3 Å². The third kappa shape index (κ3) is 3.46. The molecule has 0 saturated carbocycles. The first kappa shape index (κ1) is 14.8. The average molecular weight is 306 g/mol. The Kier molecular flexibility index (Phi) is 3.91. The van der Waals surface area contributed by atoms with Gasteiger partial charge in [0, 0.05) is 29.2 Å². The van der Waals surface area contributed by atoms with E-state index in [9.17, 15) is 12.8 Å². The van der Waals surface area contributed by atoms with Crippen LogP contribution in [-0.4, -0.2) is 36.9 Å². The summed E-state index contributed by atoms with van der Waals surface area (Å²) in [7, 11) is -2.99. The molecule has 1 aromatic carbocycles. The first-order valence-electron chi connectivity index (χ1n) is 6.09. The van der Waals surface area contributed by atoms with E-state index < -0.39 is 15.4 Å². The Bertz CT molecular complexity index is 586. The normalized spacial score (nSPS) is 22.3. The molecule has 0 unspecified atom stereocenters. The minimum atomic E-state index is -2.99. The Morgan fingerprint density at radius 2 is 2.11 bits per heavy atom. The van der Waals surface area contributed by atoms with Crippen molar-refractivity contribution in [2.24, 2.45) is 0 Å². The summed E-state index contributed by atoms with van der Waals surface area (Å²) in [4.78, 5) is 2.00. The third-order valence-corrected chi connectivity index (χ3v) is 5.66. The Morgan fingerprint density at radius 3 is 2.68 bits per heavy atom. The molecule has 1 fully saturated rings. The van der Waals surface area contributed by atoms with Gasteiger partial charge in [0.15, 0.2) is 9.84 Å². The van der Waals surface area contributed by atoms with Gasteiger partial charge in [-0.1, -0.05) is 17.7 Å². The lowest BCUT2D eigenvalue weighted by atomic mass is 10.0. The van der Waals surface area contributed by atoms with Gasteiger partial charge >= 0.3 is 0 Å². The zero-order valence-electron chi connectivity index (χ0n) is 11.0. The van der Waals surface area contributed by atoms with Crippen molar-refractivity contribution >= 4 is 21.4 Å². The predicted octanol–water partition coefficient (Wildman–Crippen LogP) is 2.49. The van der Waals surface area contributed by atoms with Gasteiger partial charge in [0.2, 0.25) is 0 Å². The van der Waals surface area contributed by atoms with Crippen LogP contribution in [-0.2, 0) is 16.4 Å². The summed E-state index contributed by atoms with van der Waals surface area (Å²) in [6.07, 6.45) is 0. The Morgan fingerprint density at radius 1 is 1.42 bits per heavy atom. The highest BCUT2D eigenvalue weighted by Gasteiger charge is 2.37. The second-order valence-electron chi connectivity index (χ2n) is 5.56. The Hall–Kier alpha value is -0.650. The van der Waals surface area contributed by atoms with E-state index in [0.29, 0.717) is 23.7 Å². The molecule has 106 valence electrons. The molecular weight excluding hydrogens is 289 g/mol. The van der Waals surface area contributed by atoms with Gasteiger partial charge in [-0.15, -0.1) is 0 Å². The molecule has 0 radical (unpaired) electrons. The van der Waals surface area contributed by atoms with Crippen LogP contribution in [0, 0.1) is 5.82 Å². The van der Waals surface area contributed by atoms with E-state index in [1.54, 1.807) is 12.1 Å². The fraction of sp³-hybridized carbons (Fsp3) is 0.538. The Balaban J connectivity index is 2.19. The van der Waals surface area contributed by atoms with Crippen molar-refractivity contribution in [1.82, 2.24) is 4.90 Å². The largest absolute Gasteiger partial charge is 0.292 e. The maximum atomic E-state index is 13.8. The van der Waals surface area contributed by atoms with Crippen molar-refractivity contribution in [2.75, 3.05) is 18.1 Å². The highest BCUT2D eigenvalue weighted by Crippen LogP contribution is 2.26. The maximum Gasteiger partial charge on any atom is 0.153 e. The molecule has 1 aliphatic rings. The van der Waals surface area contributed by atoms with Gasteiger partial charge in [-0.05, 0) is 26.0 Å². The standard InChI is InChI=1S/C13H17ClFNO2S/c1-13(2)9-19(17,18)6-5-16(13)8-10-3-4-11(14)7-12(10)15/h3-4,7H,5-6,8-9H2,1-2H3. The highest BCUT2D eigenvalue weighted by molar-refractivity contribution is 7.91. The van der Waals surface area contributed by atoms with Crippen molar-refractivity contribution in [3.8, 4) is 0 Å². The van der Waals surface area contributed by atoms with Gasteiger partial charge in [0.1, 0.15) is 5.82 Å². The average Bonchev–Trinajstić information content (AvgIpc) is 2.23. The zero-order valence-corrected chi connectivity index (χ0v) is 12.6. The second kappa shape index (κ2) is 5.04. The summed E-state index contributed by atoms with van der Waals surface area (Å²) in [5, 5.41) is 0.363. The van der Waals surface area contributed by atoms with Crippen LogP contribution in [0.5, 0.6) is 0 Å². The minimum Gasteiger partial charge on any atom is -0.292 e. The molecule has 0 bridgehead atoms. The van der Waals surface area contributed by atoms with Crippen molar-refractivity contribution in [3.05, 3.63) is 34.6 Å². The smallest absolute Gasteiger partial charge is 0.153 e. The van der Waals surface area contributed by atoms with Crippen LogP contribution >= 0.6 is 11.6 Å². The lowest BCUT2D eigenvalue weighted by molar-refractivity contribution is 0.129. The second-order valence-corrected chi connectivity index (χ2v) is 8.18. The first-order valence-corrected chi connectivity index (χ1v) is 8.29. The number of hydrogen-bond donors (Lipinski definition) is 0. The number of hydrogen-bond acceptors (Lipinski definition) is 3. The molecule has 1 aromatic rings. The molecule has 0 amide bonds. The molecule has 6 heteroatoms. The fourth-order valence-corrected chi connectivity index (χ4v) is 4.46. The van der Waals surface area contributed by atoms with E-state index in [4.69, 9.17) is 11.6 Å². The van der Waals surface area contributed by atoms with Gasteiger partial charge in [0.05, 0.1) is 11.5 Å². The lowest BCUT2D eigenvalue weighted by Gasteiger charge is -2.42. The SMILES string of the molecule is CC1(C)CS(=O)(=O)CCN1Cc1ccc(Cl)cc1F. The number of rotatable bonds is 2. The predicted molar refractivity (Wildman–Crippen MR) is 74.6 cm³/mol. The van der Waals surface area contributed by atoms with Crippen LogP contribution in [0.15, 0.2) is 18.2 Å². The van der Waals surface area contributed by atoms with Gasteiger partial charge in [-0.25, -0.2) is 12.8 Å². The minimum absolute atomic E-state index is 0.106. The van der Waals surface area contributed by atoms with E-state index in [1.807, 2.05) is 18.7 Å². The molecule has 0 spiro atoms. The Labute approximate surface area is 118 Å². The van der Waals surface area contributed by atoms with E-state index in [0.717, 1.165) is 0 Å². The van der Waals surface area contributed by atoms with Crippen molar-refractivity contribution in [1.29, 1.82) is 0 Å². The monoisotopic (exact) mass is 305 g/mol. The van der Waals surface area contributed by atoms with Crippen LogP contribution < -0.4 is 0 Å². The number of nitrogens with zero attached hydrogens (tertiary/aromatic N) is 1. The van der Waals surface area contributed by atoms with Crippen LogP contribution in [0.4, 0.5) is 4.39 Å². The molecule has 2 rings (SSSR count). The van der Waals surface area contributed by atoms with Crippen molar-refractivity contribution in [2.45, 2.75) is 25.9 Å². The fourth-order valence-electron chi connectivity index (χ4n) is 2.40. The molecule has 0 atom stereocenters. The van der Waals surface area contributed by atoms with Crippen LogP contribution in [0.2, 0.25) is 5.02 Å². The highest BCUT2D eigenvalue weighted by atomic mass is 35.5. The molecule has 0 aliphatic carbocycles. The third-order valence-electron chi connectivity index (χ3n) is 3.48. The summed E-state index contributed by atoms with van der Waals surface area (Å²) in [6, 6.07) is 4.58. The quantitative estimate of drug-likeness (QED) is 0.842. The van der Waals surface area contributed by atoms with Gasteiger partial charge in [0.25, 0.3) is 0 Å². The summed E-state index contributed by atoms with van der Waals surface area (Å²) < 4.78 is 37.1. The van der Waals surface area contributed by atoms with E-state index in [2.05, 4.69) is 0 Å². The van der Waals surface area contributed by atoms with Crippen molar-refractivity contribution in [3.63, 3.8) is 0 Å². The first-order chi connectivity index (χ1) is 8.70. The molecule has 1 saturated heterocycles. The summed E-state index contributed by atoms with van der Waals surface area (Å²) in [6.45, 7) is 4.57. The zero-order chi connectivity index (χ0) is 14.3. The molecule has 1 heterocycles. The molecule has 1 aliphatic heterocycles. The van der Waals surface area contributed by atoms with Gasteiger partial charge in [-0.2, -0.15) is 0 Å². The summed E-state index contributed by atoms with van der Waals surface area (Å²) in [5.41, 5.74) is 0.0557. The van der Waals surface area contributed by atoms with E-state index in [1.165, 1.54) is 6.07 Å². The van der Waals surface area contributed by atoms with Crippen LogP contribution in [0.1, 0.15) is 19.4 Å². The molecule has 0 aromatic heterocycles. The van der Waals surface area contributed by atoms with Crippen LogP contribution in [0.25, 0.3) is 0 Å². The lowest BCUT2D eigenvalue weighted by Crippen LogP contribution is -2.54. The van der Waals surface area contributed by atoms with Crippen molar-refractivity contribution < 1.29 is 12.8 Å². The maximum absolute atomic E-state index is 13.8. The van der Waals surface area contributed by atoms with Gasteiger partial charge < -0.3 is 0 Å². The molecule has 3 nitrogen and oxygen atoms in total. The van der Waals surface area contributed by atoms with Gasteiger partial charge in [-0.3, -0.25) is 4.90 Å². The molecular formula is C13H17ClFNO2S. The summed E-state index contributed by atoms with van der Waals surface area (Å²) >= 11 is 5.72. The number of sulfone groups is 1. The number of halogens is 2. The van der Waals surface area contributed by atoms with E-state index >= 15 is 0 Å². The number of benzene rings is 1. The summed E-state index contributed by atoms with van der Waals surface area (Å²) in [5.74, 6) is -0.113.